The predicted molar refractivity (Wildman–Crippen MR) is 113 cm³/mol. The first-order chi connectivity index (χ1) is 13.9. The molecule has 0 fully saturated rings. The zero-order valence-electron chi connectivity index (χ0n) is 17.5. The molecule has 0 aliphatic carbocycles. The largest absolute Gasteiger partial charge is 0.490 e. The zero-order chi connectivity index (χ0) is 21.2. The number of nitrogens with one attached hydrogen (secondary N) is 1. The molecule has 156 valence electrons. The molecule has 0 saturated carbocycles. The van der Waals surface area contributed by atoms with Crippen molar-refractivity contribution in [3.8, 4) is 11.5 Å². The lowest BCUT2D eigenvalue weighted by atomic mass is 10.0. The van der Waals surface area contributed by atoms with Crippen molar-refractivity contribution in [3.05, 3.63) is 53.6 Å². The van der Waals surface area contributed by atoms with Crippen LogP contribution in [0.25, 0.3) is 0 Å². The number of benzene rings is 2. The molecule has 0 heterocycles. The summed E-state index contributed by atoms with van der Waals surface area (Å²) in [5.41, 5.74) is 2.54. The van der Waals surface area contributed by atoms with Crippen LogP contribution in [0, 0.1) is 0 Å². The smallest absolute Gasteiger partial charge is 0.310 e. The van der Waals surface area contributed by atoms with E-state index in [1.807, 2.05) is 32.0 Å². The summed E-state index contributed by atoms with van der Waals surface area (Å²) in [4.78, 5) is 24.2. The molecule has 0 aliphatic heterocycles. The van der Waals surface area contributed by atoms with Gasteiger partial charge in [-0.05, 0) is 55.2 Å². The molecule has 1 amide bonds. The van der Waals surface area contributed by atoms with Gasteiger partial charge in [-0.2, -0.15) is 0 Å². The Balaban J connectivity index is 1.88. The quantitative estimate of drug-likeness (QED) is 0.602. The van der Waals surface area contributed by atoms with Crippen molar-refractivity contribution in [3.63, 3.8) is 0 Å². The summed E-state index contributed by atoms with van der Waals surface area (Å²) in [5.74, 6) is 0.723. The third-order valence-corrected chi connectivity index (χ3v) is 4.16. The first-order valence-electron chi connectivity index (χ1n) is 9.86. The van der Waals surface area contributed by atoms with Crippen molar-refractivity contribution in [1.82, 2.24) is 0 Å². The molecule has 0 unspecified atom stereocenters. The molecular formula is C23H29NO5. The highest BCUT2D eigenvalue weighted by molar-refractivity contribution is 5.93. The molecule has 6 nitrogen and oxygen atoms in total. The molecule has 0 radical (unpaired) electrons. The standard InChI is InChI=1S/C23H29NO5/c1-5-27-20-11-10-17(12-21(20)28-6-2)13-23(26)29-15-22(25)24-19-9-7-8-18(14-19)16(3)4/h7-12,14,16H,5-6,13,15H2,1-4H3,(H,24,25). The van der Waals surface area contributed by atoms with Crippen LogP contribution in [0.4, 0.5) is 5.69 Å². The van der Waals surface area contributed by atoms with E-state index < -0.39 is 5.97 Å². The number of carbonyl (C=O) groups excluding carboxylic acids is 2. The van der Waals surface area contributed by atoms with Crippen LogP contribution in [0.5, 0.6) is 11.5 Å². The summed E-state index contributed by atoms with van der Waals surface area (Å²) in [6, 6.07) is 12.9. The molecule has 0 bridgehead atoms. The van der Waals surface area contributed by atoms with Crippen LogP contribution in [-0.2, 0) is 20.7 Å². The first kappa shape index (κ1) is 22.3. The number of rotatable bonds is 10. The molecule has 2 aromatic carbocycles. The van der Waals surface area contributed by atoms with Gasteiger partial charge in [0.15, 0.2) is 18.1 Å². The van der Waals surface area contributed by atoms with Crippen LogP contribution in [-0.4, -0.2) is 31.7 Å². The zero-order valence-corrected chi connectivity index (χ0v) is 17.5. The van der Waals surface area contributed by atoms with Crippen LogP contribution in [0.2, 0.25) is 0 Å². The van der Waals surface area contributed by atoms with Gasteiger partial charge in [0.1, 0.15) is 0 Å². The Labute approximate surface area is 172 Å². The second-order valence-corrected chi connectivity index (χ2v) is 6.81. The van der Waals surface area contributed by atoms with Crippen molar-refractivity contribution in [1.29, 1.82) is 0 Å². The average molecular weight is 399 g/mol. The van der Waals surface area contributed by atoms with Crippen molar-refractivity contribution in [2.45, 2.75) is 40.0 Å². The molecule has 6 heteroatoms. The van der Waals surface area contributed by atoms with Gasteiger partial charge in [0, 0.05) is 5.69 Å². The van der Waals surface area contributed by atoms with E-state index in [0.717, 1.165) is 11.1 Å². The van der Waals surface area contributed by atoms with Crippen molar-refractivity contribution in [2.75, 3.05) is 25.1 Å². The second kappa shape index (κ2) is 11.1. The fourth-order valence-corrected chi connectivity index (χ4v) is 2.74. The number of carbonyl (C=O) groups is 2. The van der Waals surface area contributed by atoms with E-state index in [4.69, 9.17) is 14.2 Å². The van der Waals surface area contributed by atoms with Gasteiger partial charge in [0.25, 0.3) is 5.91 Å². The Hall–Kier alpha value is -3.02. The maximum atomic E-state index is 12.1. The highest BCUT2D eigenvalue weighted by Crippen LogP contribution is 2.28. The van der Waals surface area contributed by atoms with E-state index in [9.17, 15) is 9.59 Å². The van der Waals surface area contributed by atoms with Crippen molar-refractivity contribution < 1.29 is 23.8 Å². The van der Waals surface area contributed by atoms with E-state index in [2.05, 4.69) is 19.2 Å². The van der Waals surface area contributed by atoms with Crippen LogP contribution < -0.4 is 14.8 Å². The van der Waals surface area contributed by atoms with Crippen LogP contribution in [0.1, 0.15) is 44.7 Å². The van der Waals surface area contributed by atoms with Gasteiger partial charge in [0.2, 0.25) is 0 Å². The maximum Gasteiger partial charge on any atom is 0.310 e. The molecule has 1 N–H and O–H groups in total. The summed E-state index contributed by atoms with van der Waals surface area (Å²) < 4.78 is 16.2. The van der Waals surface area contributed by atoms with Crippen molar-refractivity contribution >= 4 is 17.6 Å². The van der Waals surface area contributed by atoms with Gasteiger partial charge in [-0.3, -0.25) is 9.59 Å². The van der Waals surface area contributed by atoms with Gasteiger partial charge in [0.05, 0.1) is 19.6 Å². The molecule has 29 heavy (non-hydrogen) atoms. The summed E-state index contributed by atoms with van der Waals surface area (Å²) in [6.07, 6.45) is 0.0442. The van der Waals surface area contributed by atoms with E-state index in [1.165, 1.54) is 0 Å². The van der Waals surface area contributed by atoms with E-state index in [-0.39, 0.29) is 18.9 Å². The Morgan fingerprint density at radius 3 is 2.38 bits per heavy atom. The van der Waals surface area contributed by atoms with E-state index in [1.54, 1.807) is 24.3 Å². The Morgan fingerprint density at radius 1 is 0.966 bits per heavy atom. The number of amides is 1. The Bertz CT molecular complexity index is 832. The fraction of sp³-hybridized carbons (Fsp3) is 0.391. The molecule has 0 aliphatic rings. The normalized spacial score (nSPS) is 10.5. The minimum atomic E-state index is -0.484. The minimum Gasteiger partial charge on any atom is -0.490 e. The number of anilines is 1. The Kier molecular flexibility index (Phi) is 8.52. The summed E-state index contributed by atoms with van der Waals surface area (Å²) >= 11 is 0. The van der Waals surface area contributed by atoms with Gasteiger partial charge in [-0.15, -0.1) is 0 Å². The second-order valence-electron chi connectivity index (χ2n) is 6.81. The third-order valence-electron chi connectivity index (χ3n) is 4.16. The van der Waals surface area contributed by atoms with Gasteiger partial charge < -0.3 is 19.5 Å². The van der Waals surface area contributed by atoms with Crippen LogP contribution >= 0.6 is 0 Å². The number of hydrogen-bond donors (Lipinski definition) is 1. The highest BCUT2D eigenvalue weighted by Gasteiger charge is 2.12. The fourth-order valence-electron chi connectivity index (χ4n) is 2.74. The SMILES string of the molecule is CCOc1ccc(CC(=O)OCC(=O)Nc2cccc(C(C)C)c2)cc1OCC. The topological polar surface area (TPSA) is 73.9 Å². The summed E-state index contributed by atoms with van der Waals surface area (Å²) in [5, 5.41) is 2.75. The lowest BCUT2D eigenvalue weighted by Gasteiger charge is -2.12. The van der Waals surface area contributed by atoms with Gasteiger partial charge >= 0.3 is 5.97 Å². The molecular weight excluding hydrogens is 370 g/mol. The first-order valence-corrected chi connectivity index (χ1v) is 9.86. The molecule has 0 aromatic heterocycles. The predicted octanol–water partition coefficient (Wildman–Crippen LogP) is 4.33. The molecule has 0 spiro atoms. The number of hydrogen-bond acceptors (Lipinski definition) is 5. The molecule has 2 rings (SSSR count). The average Bonchev–Trinajstić information content (AvgIpc) is 2.69. The monoisotopic (exact) mass is 399 g/mol. The number of esters is 1. The molecule has 2 aromatic rings. The molecule has 0 saturated heterocycles. The van der Waals surface area contributed by atoms with Crippen LogP contribution in [0.3, 0.4) is 0 Å². The number of ether oxygens (including phenoxy) is 3. The highest BCUT2D eigenvalue weighted by atomic mass is 16.5. The maximum absolute atomic E-state index is 12.1. The summed E-state index contributed by atoms with van der Waals surface area (Å²) in [7, 11) is 0. The van der Waals surface area contributed by atoms with Crippen molar-refractivity contribution in [2.24, 2.45) is 0 Å². The van der Waals surface area contributed by atoms with Gasteiger partial charge in [-0.1, -0.05) is 32.0 Å². The Morgan fingerprint density at radius 2 is 1.69 bits per heavy atom. The van der Waals surface area contributed by atoms with Gasteiger partial charge in [-0.25, -0.2) is 0 Å². The minimum absolute atomic E-state index is 0.0442. The van der Waals surface area contributed by atoms with E-state index in [0.29, 0.717) is 36.3 Å². The van der Waals surface area contributed by atoms with E-state index >= 15 is 0 Å². The third kappa shape index (κ3) is 7.14. The lowest BCUT2D eigenvalue weighted by Crippen LogP contribution is -2.21. The van der Waals surface area contributed by atoms with Crippen LogP contribution in [0.15, 0.2) is 42.5 Å². The molecule has 0 atom stereocenters. The lowest BCUT2D eigenvalue weighted by molar-refractivity contribution is -0.146. The summed E-state index contributed by atoms with van der Waals surface area (Å²) in [6.45, 7) is 8.63.